The normalized spacial score (nSPS) is 12.8. The number of hydrogen-bond acceptors (Lipinski definition) is 8. The Bertz CT molecular complexity index is 554. The van der Waals surface area contributed by atoms with Gasteiger partial charge in [-0.15, -0.1) is 0 Å². The van der Waals surface area contributed by atoms with Crippen LogP contribution in [0.5, 0.6) is 0 Å². The average molecular weight is 399 g/mol. The van der Waals surface area contributed by atoms with E-state index < -0.39 is 24.2 Å². The second-order valence-electron chi connectivity index (χ2n) is 5.78. The number of ether oxygens (including phenoxy) is 5. The van der Waals surface area contributed by atoms with Crippen molar-refractivity contribution in [2.75, 3.05) is 47.3 Å². The Balaban J connectivity index is 2.33. The Morgan fingerprint density at radius 2 is 1.64 bits per heavy atom. The van der Waals surface area contributed by atoms with Crippen LogP contribution in [-0.4, -0.2) is 76.6 Å². The van der Waals surface area contributed by atoms with Crippen LogP contribution >= 0.6 is 0 Å². The standard InChI is InChI=1S/C19H29NO8/c1-24-10-11-27-13-12-26-9-8-16(21)17(18(22)25-2)20-19(23)28-14-15-6-4-3-5-7-15/h3-7,16-17,21H,8-14H2,1-2H3,(H,20,23)/t16?,17-/m0/s1. The van der Waals surface area contributed by atoms with Gasteiger partial charge in [-0.2, -0.15) is 0 Å². The fourth-order valence-electron chi connectivity index (χ4n) is 2.17. The van der Waals surface area contributed by atoms with Crippen LogP contribution in [-0.2, 0) is 35.1 Å². The van der Waals surface area contributed by atoms with Crippen LogP contribution in [0.2, 0.25) is 0 Å². The molecule has 0 aliphatic carbocycles. The molecule has 0 aromatic heterocycles. The molecule has 9 nitrogen and oxygen atoms in total. The second-order valence-corrected chi connectivity index (χ2v) is 5.78. The van der Waals surface area contributed by atoms with E-state index >= 15 is 0 Å². The lowest BCUT2D eigenvalue weighted by Crippen LogP contribution is -2.49. The SMILES string of the molecule is COCCOCCOCCC(O)[C@H](NC(=O)OCc1ccccc1)C(=O)OC. The Labute approximate surface area is 164 Å². The Kier molecular flexibility index (Phi) is 12.6. The summed E-state index contributed by atoms with van der Waals surface area (Å²) in [5.41, 5.74) is 0.800. The van der Waals surface area contributed by atoms with Gasteiger partial charge in [-0.25, -0.2) is 9.59 Å². The maximum Gasteiger partial charge on any atom is 0.408 e. The maximum atomic E-state index is 11.9. The first kappa shape index (κ1) is 23.8. The van der Waals surface area contributed by atoms with E-state index in [1.54, 1.807) is 19.2 Å². The molecule has 1 amide bonds. The van der Waals surface area contributed by atoms with Crippen LogP contribution in [0.1, 0.15) is 12.0 Å². The average Bonchev–Trinajstić information content (AvgIpc) is 2.72. The fourth-order valence-corrected chi connectivity index (χ4v) is 2.17. The Hall–Kier alpha value is -2.20. The van der Waals surface area contributed by atoms with Gasteiger partial charge in [0, 0.05) is 13.7 Å². The molecular formula is C19H29NO8. The summed E-state index contributed by atoms with van der Waals surface area (Å²) in [5, 5.41) is 12.6. The van der Waals surface area contributed by atoms with Crippen molar-refractivity contribution < 1.29 is 38.4 Å². The molecule has 0 aliphatic heterocycles. The lowest BCUT2D eigenvalue weighted by Gasteiger charge is -2.21. The van der Waals surface area contributed by atoms with E-state index in [2.05, 4.69) is 10.1 Å². The van der Waals surface area contributed by atoms with Gasteiger partial charge in [0.2, 0.25) is 0 Å². The minimum Gasteiger partial charge on any atom is -0.467 e. The van der Waals surface area contributed by atoms with Gasteiger partial charge in [0.15, 0.2) is 6.04 Å². The zero-order valence-electron chi connectivity index (χ0n) is 16.3. The maximum absolute atomic E-state index is 11.9. The molecule has 2 atom stereocenters. The number of methoxy groups -OCH3 is 2. The summed E-state index contributed by atoms with van der Waals surface area (Å²) in [6.45, 7) is 1.94. The molecule has 0 radical (unpaired) electrons. The summed E-state index contributed by atoms with van der Waals surface area (Å²) in [5.74, 6) is -0.771. The minimum atomic E-state index is -1.25. The zero-order valence-corrected chi connectivity index (χ0v) is 16.3. The molecule has 1 rings (SSSR count). The number of aliphatic hydroxyl groups excluding tert-OH is 1. The molecule has 0 fully saturated rings. The smallest absolute Gasteiger partial charge is 0.408 e. The summed E-state index contributed by atoms with van der Waals surface area (Å²) >= 11 is 0. The minimum absolute atomic E-state index is 0.0445. The molecule has 0 saturated heterocycles. The van der Waals surface area contributed by atoms with Crippen molar-refractivity contribution in [1.82, 2.24) is 5.32 Å². The Morgan fingerprint density at radius 3 is 2.29 bits per heavy atom. The van der Waals surface area contributed by atoms with Crippen molar-refractivity contribution in [3.05, 3.63) is 35.9 Å². The summed E-state index contributed by atoms with van der Waals surface area (Å²) in [4.78, 5) is 23.8. The molecule has 2 N–H and O–H groups in total. The van der Waals surface area contributed by atoms with E-state index in [9.17, 15) is 14.7 Å². The van der Waals surface area contributed by atoms with Gasteiger partial charge in [0.1, 0.15) is 6.61 Å². The van der Waals surface area contributed by atoms with Gasteiger partial charge in [0.25, 0.3) is 0 Å². The number of rotatable bonds is 14. The Morgan fingerprint density at radius 1 is 1.00 bits per heavy atom. The van der Waals surface area contributed by atoms with Crippen molar-refractivity contribution in [1.29, 1.82) is 0 Å². The number of carbonyl (C=O) groups is 2. The van der Waals surface area contributed by atoms with Gasteiger partial charge in [-0.1, -0.05) is 30.3 Å². The van der Waals surface area contributed by atoms with Gasteiger partial charge >= 0.3 is 12.1 Å². The van der Waals surface area contributed by atoms with Crippen molar-refractivity contribution in [2.24, 2.45) is 0 Å². The molecule has 0 spiro atoms. The number of benzene rings is 1. The van der Waals surface area contributed by atoms with E-state index in [-0.39, 0.29) is 19.6 Å². The van der Waals surface area contributed by atoms with Crippen molar-refractivity contribution in [2.45, 2.75) is 25.2 Å². The molecule has 28 heavy (non-hydrogen) atoms. The number of nitrogens with one attached hydrogen (secondary N) is 1. The van der Waals surface area contributed by atoms with E-state index in [0.717, 1.165) is 5.56 Å². The number of carbonyl (C=O) groups excluding carboxylic acids is 2. The quantitative estimate of drug-likeness (QED) is 0.350. The molecule has 1 aromatic rings. The molecular weight excluding hydrogens is 370 g/mol. The van der Waals surface area contributed by atoms with Gasteiger partial charge in [-0.05, 0) is 12.0 Å². The van der Waals surface area contributed by atoms with Crippen LogP contribution < -0.4 is 5.32 Å². The molecule has 0 saturated carbocycles. The predicted octanol–water partition coefficient (Wildman–Crippen LogP) is 0.885. The second kappa shape index (κ2) is 14.8. The number of amides is 1. The summed E-state index contributed by atoms with van der Waals surface area (Å²) in [6.07, 6.45) is -1.89. The first-order valence-corrected chi connectivity index (χ1v) is 8.96. The van der Waals surface area contributed by atoms with Crippen LogP contribution in [0, 0.1) is 0 Å². The highest BCUT2D eigenvalue weighted by atomic mass is 16.6. The first-order chi connectivity index (χ1) is 13.6. The molecule has 0 heterocycles. The zero-order chi connectivity index (χ0) is 20.6. The van der Waals surface area contributed by atoms with E-state index in [1.165, 1.54) is 7.11 Å². The first-order valence-electron chi connectivity index (χ1n) is 8.96. The largest absolute Gasteiger partial charge is 0.467 e. The highest BCUT2D eigenvalue weighted by molar-refractivity contribution is 5.81. The van der Waals surface area contributed by atoms with Gasteiger partial charge in [-0.3, -0.25) is 0 Å². The highest BCUT2D eigenvalue weighted by Gasteiger charge is 2.29. The monoisotopic (exact) mass is 399 g/mol. The lowest BCUT2D eigenvalue weighted by molar-refractivity contribution is -0.146. The highest BCUT2D eigenvalue weighted by Crippen LogP contribution is 2.05. The summed E-state index contributed by atoms with van der Waals surface area (Å²) in [7, 11) is 2.76. The molecule has 0 aliphatic rings. The number of alkyl carbamates (subject to hydrolysis) is 1. The molecule has 0 bridgehead atoms. The molecule has 9 heteroatoms. The van der Waals surface area contributed by atoms with E-state index in [0.29, 0.717) is 26.4 Å². The summed E-state index contributed by atoms with van der Waals surface area (Å²) in [6, 6.07) is 7.84. The van der Waals surface area contributed by atoms with Crippen LogP contribution in [0.3, 0.4) is 0 Å². The third kappa shape index (κ3) is 10.2. The van der Waals surface area contributed by atoms with Gasteiger partial charge < -0.3 is 34.1 Å². The van der Waals surface area contributed by atoms with Crippen molar-refractivity contribution in [3.63, 3.8) is 0 Å². The molecule has 1 aromatic carbocycles. The molecule has 1 unspecified atom stereocenters. The van der Waals surface area contributed by atoms with Crippen molar-refractivity contribution >= 4 is 12.1 Å². The van der Waals surface area contributed by atoms with E-state index in [1.807, 2.05) is 18.2 Å². The number of aliphatic hydroxyl groups is 1. The summed E-state index contributed by atoms with van der Waals surface area (Å²) < 4.78 is 25.1. The van der Waals surface area contributed by atoms with Crippen LogP contribution in [0.4, 0.5) is 4.79 Å². The number of esters is 1. The number of hydrogen-bond donors (Lipinski definition) is 2. The molecule has 158 valence electrons. The lowest BCUT2D eigenvalue weighted by atomic mass is 10.1. The predicted molar refractivity (Wildman–Crippen MR) is 99.7 cm³/mol. The third-order valence-corrected chi connectivity index (χ3v) is 3.69. The van der Waals surface area contributed by atoms with Gasteiger partial charge in [0.05, 0.1) is 39.6 Å². The van der Waals surface area contributed by atoms with Crippen LogP contribution in [0.15, 0.2) is 30.3 Å². The van der Waals surface area contributed by atoms with E-state index in [4.69, 9.17) is 18.9 Å². The van der Waals surface area contributed by atoms with Crippen molar-refractivity contribution in [3.8, 4) is 0 Å². The topological polar surface area (TPSA) is 113 Å². The van der Waals surface area contributed by atoms with Crippen LogP contribution in [0.25, 0.3) is 0 Å². The fraction of sp³-hybridized carbons (Fsp3) is 0.579. The third-order valence-electron chi connectivity index (χ3n) is 3.69.